The highest BCUT2D eigenvalue weighted by Crippen LogP contribution is 2.28. The molecule has 1 unspecified atom stereocenters. The van der Waals surface area contributed by atoms with Gasteiger partial charge in [0, 0.05) is 34.3 Å². The summed E-state index contributed by atoms with van der Waals surface area (Å²) >= 11 is 7.47. The fourth-order valence-corrected chi connectivity index (χ4v) is 4.29. The van der Waals surface area contributed by atoms with Crippen molar-refractivity contribution < 1.29 is 13.9 Å². The smallest absolute Gasteiger partial charge is 0.408 e. The highest BCUT2D eigenvalue weighted by atomic mass is 35.5. The van der Waals surface area contributed by atoms with E-state index in [4.69, 9.17) is 20.8 Å². The Bertz CT molecular complexity index is 1250. The number of fused-ring (bicyclic) bond motifs is 1. The summed E-state index contributed by atoms with van der Waals surface area (Å²) in [5.41, 5.74) is 2.47. The van der Waals surface area contributed by atoms with Gasteiger partial charge in [-0.15, -0.1) is 10.2 Å². The molecule has 0 saturated carbocycles. The third-order valence-electron chi connectivity index (χ3n) is 4.76. The predicted octanol–water partition coefficient (Wildman–Crippen LogP) is 6.31. The minimum Gasteiger partial charge on any atom is -0.444 e. The Morgan fingerprint density at radius 3 is 2.82 bits per heavy atom. The number of rotatable bonds is 7. The van der Waals surface area contributed by atoms with Crippen LogP contribution in [0, 0.1) is 0 Å². The molecule has 172 valence electrons. The van der Waals surface area contributed by atoms with E-state index in [-0.39, 0.29) is 0 Å². The van der Waals surface area contributed by atoms with Gasteiger partial charge in [-0.2, -0.15) is 0 Å². The van der Waals surface area contributed by atoms with Crippen molar-refractivity contribution in [3.8, 4) is 0 Å². The number of amides is 1. The third kappa shape index (κ3) is 6.30. The lowest BCUT2D eigenvalue weighted by Crippen LogP contribution is -2.36. The molecule has 2 aromatic carbocycles. The van der Waals surface area contributed by atoms with E-state index in [2.05, 4.69) is 20.5 Å². The number of nitrogens with zero attached hydrogens (tertiary/aromatic N) is 2. The summed E-state index contributed by atoms with van der Waals surface area (Å²) in [6, 6.07) is 15.1. The van der Waals surface area contributed by atoms with E-state index in [0.29, 0.717) is 28.3 Å². The second kappa shape index (κ2) is 9.89. The van der Waals surface area contributed by atoms with E-state index >= 15 is 0 Å². The highest BCUT2D eigenvalue weighted by Gasteiger charge is 2.26. The molecule has 2 heterocycles. The zero-order valence-corrected chi connectivity index (χ0v) is 20.2. The standard InChI is InChI=1S/C24H25ClN4O3S/c1-24(2,3)32-22(30)27-20(12-16-13-26-19-10-5-4-9-18(16)19)21-28-29-23(31-21)33-14-15-7-6-8-17(25)11-15/h4-11,13,20,26H,12,14H2,1-3H3,(H,27,30). The molecule has 1 amide bonds. The first-order valence-electron chi connectivity index (χ1n) is 10.5. The van der Waals surface area contributed by atoms with Crippen molar-refractivity contribution in [1.29, 1.82) is 0 Å². The first-order chi connectivity index (χ1) is 15.8. The van der Waals surface area contributed by atoms with Gasteiger partial charge in [-0.3, -0.25) is 0 Å². The lowest BCUT2D eigenvalue weighted by molar-refractivity contribution is 0.0494. The second-order valence-corrected chi connectivity index (χ2v) is 9.95. The van der Waals surface area contributed by atoms with Crippen LogP contribution < -0.4 is 5.32 Å². The van der Waals surface area contributed by atoms with Crippen LogP contribution in [0.5, 0.6) is 0 Å². The van der Waals surface area contributed by atoms with Crippen LogP contribution in [0.1, 0.15) is 43.8 Å². The number of carbonyl (C=O) groups is 1. The number of nitrogens with one attached hydrogen (secondary N) is 2. The number of H-pyrrole nitrogens is 1. The van der Waals surface area contributed by atoms with E-state index in [0.717, 1.165) is 22.0 Å². The molecule has 4 rings (SSSR count). The molecule has 0 fully saturated rings. The third-order valence-corrected chi connectivity index (χ3v) is 5.89. The summed E-state index contributed by atoms with van der Waals surface area (Å²) in [5, 5.41) is 13.4. The number of hydrogen-bond donors (Lipinski definition) is 2. The number of aromatic amines is 1. The Morgan fingerprint density at radius 1 is 1.21 bits per heavy atom. The normalized spacial score (nSPS) is 12.6. The molecule has 2 aromatic heterocycles. The van der Waals surface area contributed by atoms with Gasteiger partial charge in [0.15, 0.2) is 0 Å². The largest absolute Gasteiger partial charge is 0.444 e. The summed E-state index contributed by atoms with van der Waals surface area (Å²) in [7, 11) is 0. The van der Waals surface area contributed by atoms with Crippen LogP contribution in [-0.4, -0.2) is 26.9 Å². The Hall–Kier alpha value is -2.97. The first kappa shape index (κ1) is 23.2. The zero-order valence-electron chi connectivity index (χ0n) is 18.6. The maximum Gasteiger partial charge on any atom is 0.408 e. The number of aromatic nitrogens is 3. The van der Waals surface area contributed by atoms with Crippen LogP contribution in [0.15, 0.2) is 64.4 Å². The molecule has 33 heavy (non-hydrogen) atoms. The Labute approximate surface area is 201 Å². The number of para-hydroxylation sites is 1. The van der Waals surface area contributed by atoms with Gasteiger partial charge in [-0.05, 0) is 50.1 Å². The molecule has 0 bridgehead atoms. The van der Waals surface area contributed by atoms with Gasteiger partial charge in [-0.25, -0.2) is 4.79 Å². The predicted molar refractivity (Wildman–Crippen MR) is 129 cm³/mol. The Balaban J connectivity index is 1.53. The van der Waals surface area contributed by atoms with Crippen LogP contribution in [0.3, 0.4) is 0 Å². The van der Waals surface area contributed by atoms with Crippen LogP contribution in [-0.2, 0) is 16.9 Å². The number of benzene rings is 2. The van der Waals surface area contributed by atoms with Crippen molar-refractivity contribution in [2.45, 2.75) is 49.8 Å². The number of alkyl carbamates (subject to hydrolysis) is 1. The Morgan fingerprint density at radius 2 is 2.03 bits per heavy atom. The van der Waals surface area contributed by atoms with E-state index in [1.165, 1.54) is 11.8 Å². The van der Waals surface area contributed by atoms with Crippen molar-refractivity contribution in [2.24, 2.45) is 0 Å². The molecule has 9 heteroatoms. The van der Waals surface area contributed by atoms with Crippen molar-refractivity contribution >= 4 is 40.4 Å². The average Bonchev–Trinajstić information content (AvgIpc) is 3.38. The maximum absolute atomic E-state index is 12.5. The maximum atomic E-state index is 12.5. The summed E-state index contributed by atoms with van der Waals surface area (Å²) < 4.78 is 11.4. The van der Waals surface area contributed by atoms with Gasteiger partial charge in [0.05, 0.1) is 0 Å². The van der Waals surface area contributed by atoms with Crippen molar-refractivity contribution in [3.05, 3.63) is 76.8 Å². The molecule has 1 atom stereocenters. The summed E-state index contributed by atoms with van der Waals surface area (Å²) in [4.78, 5) is 15.8. The Kier molecular flexibility index (Phi) is 6.95. The molecule has 0 aliphatic rings. The summed E-state index contributed by atoms with van der Waals surface area (Å²) in [5.74, 6) is 0.953. The van der Waals surface area contributed by atoms with Gasteiger partial charge < -0.3 is 19.5 Å². The topological polar surface area (TPSA) is 93.0 Å². The van der Waals surface area contributed by atoms with Gasteiger partial charge in [0.2, 0.25) is 5.89 Å². The SMILES string of the molecule is CC(C)(C)OC(=O)NC(Cc1c[nH]c2ccccc12)c1nnc(SCc2cccc(Cl)c2)o1. The monoisotopic (exact) mass is 484 g/mol. The minimum absolute atomic E-state index is 0.319. The fourth-order valence-electron chi connectivity index (χ4n) is 3.36. The quantitative estimate of drug-likeness (QED) is 0.299. The van der Waals surface area contributed by atoms with Crippen molar-refractivity contribution in [3.63, 3.8) is 0 Å². The van der Waals surface area contributed by atoms with Gasteiger partial charge in [0.1, 0.15) is 11.6 Å². The van der Waals surface area contributed by atoms with Crippen LogP contribution in [0.25, 0.3) is 10.9 Å². The molecule has 0 spiro atoms. The lowest BCUT2D eigenvalue weighted by Gasteiger charge is -2.22. The summed E-state index contributed by atoms with van der Waals surface area (Å²) in [6.07, 6.45) is 1.85. The van der Waals surface area contributed by atoms with Gasteiger partial charge in [-0.1, -0.05) is 53.7 Å². The van der Waals surface area contributed by atoms with Crippen molar-refractivity contribution in [2.75, 3.05) is 0 Å². The first-order valence-corrected chi connectivity index (χ1v) is 11.9. The molecule has 0 aliphatic carbocycles. The summed E-state index contributed by atoms with van der Waals surface area (Å²) in [6.45, 7) is 5.45. The van der Waals surface area contributed by atoms with Crippen LogP contribution in [0.4, 0.5) is 4.79 Å². The molecular formula is C24H25ClN4O3S. The highest BCUT2D eigenvalue weighted by molar-refractivity contribution is 7.98. The number of hydrogen-bond acceptors (Lipinski definition) is 6. The molecule has 0 radical (unpaired) electrons. The molecule has 0 aliphatic heterocycles. The number of halogens is 1. The molecule has 0 saturated heterocycles. The van der Waals surface area contributed by atoms with Gasteiger partial charge >= 0.3 is 6.09 Å². The zero-order chi connectivity index (χ0) is 23.4. The minimum atomic E-state index is -0.623. The number of carbonyl (C=O) groups excluding carboxylic acids is 1. The van der Waals surface area contributed by atoms with E-state index in [1.807, 2.05) is 75.5 Å². The lowest BCUT2D eigenvalue weighted by atomic mass is 10.1. The number of ether oxygens (including phenoxy) is 1. The number of thioether (sulfide) groups is 1. The van der Waals surface area contributed by atoms with E-state index in [9.17, 15) is 4.79 Å². The molecule has 4 aromatic rings. The fraction of sp³-hybridized carbons (Fsp3) is 0.292. The van der Waals surface area contributed by atoms with Crippen LogP contribution in [0.2, 0.25) is 5.02 Å². The van der Waals surface area contributed by atoms with E-state index in [1.54, 1.807) is 0 Å². The average molecular weight is 485 g/mol. The molecule has 7 nitrogen and oxygen atoms in total. The van der Waals surface area contributed by atoms with Gasteiger partial charge in [0.25, 0.3) is 5.22 Å². The second-order valence-electron chi connectivity index (χ2n) is 8.59. The van der Waals surface area contributed by atoms with E-state index < -0.39 is 17.7 Å². The molecule has 2 N–H and O–H groups in total. The van der Waals surface area contributed by atoms with Crippen LogP contribution >= 0.6 is 23.4 Å². The molecular weight excluding hydrogens is 460 g/mol. The van der Waals surface area contributed by atoms with Crippen molar-refractivity contribution in [1.82, 2.24) is 20.5 Å².